The Morgan fingerprint density at radius 3 is 2.59 bits per heavy atom. The van der Waals surface area contributed by atoms with Crippen molar-refractivity contribution in [1.82, 2.24) is 15.0 Å². The Bertz CT molecular complexity index is 1020. The van der Waals surface area contributed by atoms with Crippen molar-refractivity contribution in [2.24, 2.45) is 0 Å². The predicted octanol–water partition coefficient (Wildman–Crippen LogP) is 5.17. The number of nitrogens with one attached hydrogen (secondary N) is 1. The fraction of sp³-hybridized carbons (Fsp3) is 0.300. The van der Waals surface area contributed by atoms with Gasteiger partial charge < -0.3 is 10.1 Å². The average Bonchev–Trinajstić information content (AvgIpc) is 3.15. The Hall–Kier alpha value is -2.16. The van der Waals surface area contributed by atoms with Gasteiger partial charge in [0.1, 0.15) is 5.75 Å². The number of carbonyl (C=O) groups excluding carboxylic acids is 1. The van der Waals surface area contributed by atoms with Crippen molar-refractivity contribution in [3.63, 3.8) is 0 Å². The van der Waals surface area contributed by atoms with E-state index >= 15 is 0 Å². The molecule has 1 aromatic carbocycles. The molecule has 3 rings (SSSR count). The van der Waals surface area contributed by atoms with Crippen LogP contribution in [0.15, 0.2) is 28.7 Å². The zero-order valence-corrected chi connectivity index (χ0v) is 19.0. The lowest BCUT2D eigenvalue weighted by Crippen LogP contribution is -2.13. The van der Waals surface area contributed by atoms with Crippen molar-refractivity contribution in [3.8, 4) is 17.0 Å². The summed E-state index contributed by atoms with van der Waals surface area (Å²) in [6.07, 6.45) is 2.88. The number of benzene rings is 1. The minimum atomic E-state index is -0.0913. The van der Waals surface area contributed by atoms with E-state index in [1.807, 2.05) is 31.5 Å². The van der Waals surface area contributed by atoms with E-state index in [0.29, 0.717) is 28.7 Å². The monoisotopic (exact) mass is 448 g/mol. The van der Waals surface area contributed by atoms with Crippen LogP contribution in [0, 0.1) is 13.8 Å². The Kier molecular flexibility index (Phi) is 7.10. The summed E-state index contributed by atoms with van der Waals surface area (Å²) in [5.41, 5.74) is 4.48. The minimum Gasteiger partial charge on any atom is -0.495 e. The molecule has 0 aliphatic rings. The molecular formula is C20H21ClN4O2S2. The van der Waals surface area contributed by atoms with Crippen LogP contribution in [0.4, 0.5) is 5.13 Å². The van der Waals surface area contributed by atoms with Gasteiger partial charge in [0, 0.05) is 28.8 Å². The minimum absolute atomic E-state index is 0.0913. The molecule has 0 aliphatic heterocycles. The van der Waals surface area contributed by atoms with Gasteiger partial charge in [0.25, 0.3) is 0 Å². The van der Waals surface area contributed by atoms with Crippen LogP contribution in [0.25, 0.3) is 11.3 Å². The Morgan fingerprint density at radius 1 is 1.24 bits per heavy atom. The van der Waals surface area contributed by atoms with Gasteiger partial charge in [-0.3, -0.25) is 4.79 Å². The number of halogens is 1. The quantitative estimate of drug-likeness (QED) is 0.396. The van der Waals surface area contributed by atoms with E-state index in [4.69, 9.17) is 16.3 Å². The molecule has 6 nitrogen and oxygen atoms in total. The van der Waals surface area contributed by atoms with E-state index < -0.39 is 0 Å². The van der Waals surface area contributed by atoms with Crippen molar-refractivity contribution < 1.29 is 9.53 Å². The Balaban J connectivity index is 1.63. The second kappa shape index (κ2) is 9.56. The van der Waals surface area contributed by atoms with Crippen molar-refractivity contribution in [3.05, 3.63) is 45.6 Å². The summed E-state index contributed by atoms with van der Waals surface area (Å²) in [5, 5.41) is 6.58. The highest BCUT2D eigenvalue weighted by atomic mass is 35.5. The number of hydrogen-bond donors (Lipinski definition) is 1. The first kappa shape index (κ1) is 21.5. The molecule has 2 aromatic heterocycles. The average molecular weight is 449 g/mol. The third-order valence-corrected chi connectivity index (χ3v) is 5.98. The first-order valence-electron chi connectivity index (χ1n) is 8.88. The molecule has 0 atom stereocenters. The number of thioether (sulfide) groups is 1. The molecule has 3 aromatic rings. The fourth-order valence-electron chi connectivity index (χ4n) is 2.87. The topological polar surface area (TPSA) is 77.0 Å². The van der Waals surface area contributed by atoms with Crippen LogP contribution in [0.1, 0.15) is 23.4 Å². The zero-order valence-electron chi connectivity index (χ0n) is 16.6. The molecule has 0 saturated carbocycles. The number of rotatable bonds is 7. The van der Waals surface area contributed by atoms with Gasteiger partial charge in [0.15, 0.2) is 10.3 Å². The van der Waals surface area contributed by atoms with E-state index in [2.05, 4.69) is 20.3 Å². The summed E-state index contributed by atoms with van der Waals surface area (Å²) in [6.45, 7) is 3.91. The van der Waals surface area contributed by atoms with Crippen molar-refractivity contribution >= 4 is 45.7 Å². The van der Waals surface area contributed by atoms with Gasteiger partial charge in [-0.05, 0) is 50.3 Å². The number of aromatic nitrogens is 3. The van der Waals surface area contributed by atoms with Gasteiger partial charge in [-0.15, -0.1) is 11.3 Å². The molecule has 0 bridgehead atoms. The Morgan fingerprint density at radius 2 is 1.97 bits per heavy atom. The molecule has 2 heterocycles. The molecule has 1 amide bonds. The summed E-state index contributed by atoms with van der Waals surface area (Å²) < 4.78 is 5.17. The number of carbonyl (C=O) groups is 1. The van der Waals surface area contributed by atoms with Crippen LogP contribution in [-0.2, 0) is 11.2 Å². The largest absolute Gasteiger partial charge is 0.495 e. The lowest BCUT2D eigenvalue weighted by molar-refractivity contribution is -0.116. The molecule has 152 valence electrons. The van der Waals surface area contributed by atoms with Crippen LogP contribution >= 0.6 is 34.7 Å². The molecule has 1 N–H and O–H groups in total. The van der Waals surface area contributed by atoms with Gasteiger partial charge in [-0.1, -0.05) is 23.4 Å². The van der Waals surface area contributed by atoms with Crippen LogP contribution in [-0.4, -0.2) is 34.2 Å². The second-order valence-corrected chi connectivity index (χ2v) is 8.33. The Labute approximate surface area is 183 Å². The first-order valence-corrected chi connectivity index (χ1v) is 11.4. The number of nitrogens with zero attached hydrogens (tertiary/aromatic N) is 3. The van der Waals surface area contributed by atoms with Gasteiger partial charge in [0.05, 0.1) is 17.8 Å². The van der Waals surface area contributed by atoms with Gasteiger partial charge in [0.2, 0.25) is 5.91 Å². The predicted molar refractivity (Wildman–Crippen MR) is 119 cm³/mol. The van der Waals surface area contributed by atoms with Crippen LogP contribution in [0.3, 0.4) is 0 Å². The normalized spacial score (nSPS) is 10.8. The standard InChI is InChI=1S/C20H21ClN4O2S2/c1-11-14(12(2)23-19(22-11)28-4)6-8-18(26)25-20-24-16(10-29-20)13-5-7-17(27-3)15(21)9-13/h5,7,9-10H,6,8H2,1-4H3,(H,24,25,26). The SMILES string of the molecule is COc1ccc(-c2csc(NC(=O)CCc3c(C)nc(SC)nc3C)n2)cc1Cl. The van der Waals surface area contributed by atoms with Gasteiger partial charge in [-0.2, -0.15) is 0 Å². The van der Waals surface area contributed by atoms with E-state index in [1.165, 1.54) is 23.1 Å². The third-order valence-electron chi connectivity index (χ3n) is 4.38. The van der Waals surface area contributed by atoms with Crippen molar-refractivity contribution in [2.75, 3.05) is 18.7 Å². The van der Waals surface area contributed by atoms with Crippen molar-refractivity contribution in [1.29, 1.82) is 0 Å². The number of amides is 1. The summed E-state index contributed by atoms with van der Waals surface area (Å²) in [7, 11) is 1.57. The molecule has 0 unspecified atom stereocenters. The number of thiazole rings is 1. The van der Waals surface area contributed by atoms with E-state index in [-0.39, 0.29) is 5.91 Å². The van der Waals surface area contributed by atoms with Crippen LogP contribution < -0.4 is 10.1 Å². The molecular weight excluding hydrogens is 428 g/mol. The molecule has 29 heavy (non-hydrogen) atoms. The van der Waals surface area contributed by atoms with Gasteiger partial charge >= 0.3 is 0 Å². The van der Waals surface area contributed by atoms with E-state index in [9.17, 15) is 4.79 Å². The molecule has 0 aliphatic carbocycles. The van der Waals surface area contributed by atoms with Gasteiger partial charge in [-0.25, -0.2) is 15.0 Å². The third kappa shape index (κ3) is 5.26. The second-order valence-electron chi connectivity index (χ2n) is 6.30. The van der Waals surface area contributed by atoms with E-state index in [0.717, 1.165) is 33.4 Å². The lowest BCUT2D eigenvalue weighted by atomic mass is 10.1. The lowest BCUT2D eigenvalue weighted by Gasteiger charge is -2.09. The fourth-order valence-corrected chi connectivity index (χ4v) is 4.32. The maximum atomic E-state index is 12.4. The number of methoxy groups -OCH3 is 1. The summed E-state index contributed by atoms with van der Waals surface area (Å²) >= 11 is 9.07. The highest BCUT2D eigenvalue weighted by Gasteiger charge is 2.13. The highest BCUT2D eigenvalue weighted by molar-refractivity contribution is 7.98. The first-order chi connectivity index (χ1) is 13.9. The molecule has 0 radical (unpaired) electrons. The number of hydrogen-bond acceptors (Lipinski definition) is 7. The van der Waals surface area contributed by atoms with E-state index in [1.54, 1.807) is 19.2 Å². The maximum Gasteiger partial charge on any atom is 0.226 e. The molecule has 0 spiro atoms. The van der Waals surface area contributed by atoms with Crippen molar-refractivity contribution in [2.45, 2.75) is 31.8 Å². The molecule has 0 saturated heterocycles. The zero-order chi connectivity index (χ0) is 21.0. The van der Waals surface area contributed by atoms with Crippen LogP contribution in [0.2, 0.25) is 5.02 Å². The summed E-state index contributed by atoms with van der Waals surface area (Å²) in [4.78, 5) is 25.8. The number of anilines is 1. The number of aryl methyl sites for hydroxylation is 2. The number of ether oxygens (including phenoxy) is 1. The molecule has 9 heteroatoms. The molecule has 0 fully saturated rings. The summed E-state index contributed by atoms with van der Waals surface area (Å²) in [6, 6.07) is 5.48. The smallest absolute Gasteiger partial charge is 0.226 e. The van der Waals surface area contributed by atoms with Crippen LogP contribution in [0.5, 0.6) is 5.75 Å². The maximum absolute atomic E-state index is 12.4. The summed E-state index contributed by atoms with van der Waals surface area (Å²) in [5.74, 6) is 0.519. The highest BCUT2D eigenvalue weighted by Crippen LogP contribution is 2.31.